The highest BCUT2D eigenvalue weighted by atomic mass is 16.2. The van der Waals surface area contributed by atoms with E-state index in [1.165, 1.54) is 25.6 Å². The topological polar surface area (TPSA) is 96.5 Å². The number of carbonyl (C=O) groups is 1. The van der Waals surface area contributed by atoms with E-state index in [9.17, 15) is 10.1 Å². The number of anilines is 1. The van der Waals surface area contributed by atoms with Crippen molar-refractivity contribution in [2.75, 3.05) is 5.32 Å². The molecule has 7 heteroatoms. The predicted molar refractivity (Wildman–Crippen MR) is 99.1 cm³/mol. The second-order valence-corrected chi connectivity index (χ2v) is 7.23. The van der Waals surface area contributed by atoms with Crippen molar-refractivity contribution in [3.05, 3.63) is 47.5 Å². The van der Waals surface area contributed by atoms with E-state index in [2.05, 4.69) is 26.5 Å². The number of hydrogen-bond donors (Lipinski definition) is 1. The third kappa shape index (κ3) is 2.56. The fourth-order valence-electron chi connectivity index (χ4n) is 4.24. The lowest BCUT2D eigenvalue weighted by Gasteiger charge is -2.21. The van der Waals surface area contributed by atoms with Crippen LogP contribution in [0, 0.1) is 11.3 Å². The number of fused-ring (bicyclic) bond motifs is 2. The maximum Gasteiger partial charge on any atom is 0.238 e. The Bertz CT molecular complexity index is 1090. The van der Waals surface area contributed by atoms with Gasteiger partial charge in [0.25, 0.3) is 0 Å². The van der Waals surface area contributed by atoms with Gasteiger partial charge in [0.15, 0.2) is 5.65 Å². The van der Waals surface area contributed by atoms with Crippen LogP contribution in [-0.4, -0.2) is 25.7 Å². The fraction of sp³-hybridized carbons (Fsp3) is 0.350. The normalized spacial score (nSPS) is 19.7. The highest BCUT2D eigenvalue weighted by molar-refractivity contribution is 6.06. The SMILES string of the molecule is N#Cc1ccc2c(c1)C(c1ncnc3nn(C4CCCCC4)cc13)C(=O)N2. The molecule has 1 amide bonds. The molecule has 5 rings (SSSR count). The molecular formula is C20H18N6O. The molecule has 7 nitrogen and oxygen atoms in total. The van der Waals surface area contributed by atoms with Crippen molar-refractivity contribution in [1.82, 2.24) is 19.7 Å². The Labute approximate surface area is 156 Å². The van der Waals surface area contributed by atoms with Crippen molar-refractivity contribution in [1.29, 1.82) is 5.26 Å². The number of hydrogen-bond acceptors (Lipinski definition) is 5. The van der Waals surface area contributed by atoms with E-state index < -0.39 is 5.92 Å². The Morgan fingerprint density at radius 2 is 2.04 bits per heavy atom. The summed E-state index contributed by atoms with van der Waals surface area (Å²) in [6, 6.07) is 7.77. The lowest BCUT2D eigenvalue weighted by molar-refractivity contribution is -0.116. The molecule has 3 aromatic rings. The Hall–Kier alpha value is -3.27. The Morgan fingerprint density at radius 3 is 2.85 bits per heavy atom. The second-order valence-electron chi connectivity index (χ2n) is 7.23. The molecular weight excluding hydrogens is 340 g/mol. The summed E-state index contributed by atoms with van der Waals surface area (Å²) in [4.78, 5) is 21.5. The van der Waals surface area contributed by atoms with Crippen LogP contribution in [0.4, 0.5) is 5.69 Å². The molecule has 1 aromatic carbocycles. The van der Waals surface area contributed by atoms with E-state index in [0.717, 1.165) is 29.5 Å². The lowest BCUT2D eigenvalue weighted by Crippen LogP contribution is -2.15. The number of nitrogens with one attached hydrogen (secondary N) is 1. The van der Waals surface area contributed by atoms with Gasteiger partial charge < -0.3 is 5.32 Å². The van der Waals surface area contributed by atoms with Gasteiger partial charge in [0.1, 0.15) is 12.2 Å². The van der Waals surface area contributed by atoms with Gasteiger partial charge in [0, 0.05) is 11.9 Å². The molecule has 1 atom stereocenters. The minimum atomic E-state index is -0.553. The molecule has 1 fully saturated rings. The molecule has 27 heavy (non-hydrogen) atoms. The van der Waals surface area contributed by atoms with Crippen molar-refractivity contribution < 1.29 is 4.79 Å². The molecule has 2 aromatic heterocycles. The first-order chi connectivity index (χ1) is 13.2. The van der Waals surface area contributed by atoms with Crippen molar-refractivity contribution >= 4 is 22.6 Å². The molecule has 1 aliphatic carbocycles. The van der Waals surface area contributed by atoms with Gasteiger partial charge in [0.2, 0.25) is 5.91 Å². The van der Waals surface area contributed by atoms with Gasteiger partial charge in [-0.2, -0.15) is 10.4 Å². The molecule has 1 saturated carbocycles. The van der Waals surface area contributed by atoms with Crippen LogP contribution in [0.25, 0.3) is 11.0 Å². The Balaban J connectivity index is 1.62. The summed E-state index contributed by atoms with van der Waals surface area (Å²) in [7, 11) is 0. The number of aromatic nitrogens is 4. The zero-order valence-electron chi connectivity index (χ0n) is 14.7. The number of amides is 1. The van der Waals surface area contributed by atoms with Crippen LogP contribution < -0.4 is 5.32 Å². The van der Waals surface area contributed by atoms with Gasteiger partial charge >= 0.3 is 0 Å². The molecule has 0 spiro atoms. The molecule has 0 radical (unpaired) electrons. The van der Waals surface area contributed by atoms with Crippen molar-refractivity contribution in [2.45, 2.75) is 44.1 Å². The summed E-state index contributed by atoms with van der Waals surface area (Å²) in [5.74, 6) is -0.687. The molecule has 2 aliphatic rings. The molecule has 1 N–H and O–H groups in total. The third-order valence-corrected chi connectivity index (χ3v) is 5.60. The minimum absolute atomic E-state index is 0.134. The molecule has 0 saturated heterocycles. The predicted octanol–water partition coefficient (Wildman–Crippen LogP) is 3.29. The fourth-order valence-corrected chi connectivity index (χ4v) is 4.24. The van der Waals surface area contributed by atoms with Crippen molar-refractivity contribution in [3.8, 4) is 6.07 Å². The first-order valence-corrected chi connectivity index (χ1v) is 9.29. The number of nitrogens with zero attached hydrogens (tertiary/aromatic N) is 5. The van der Waals surface area contributed by atoms with E-state index in [0.29, 0.717) is 22.9 Å². The monoisotopic (exact) mass is 358 g/mol. The standard InChI is InChI=1S/C20H18N6O/c21-9-12-6-7-16-14(8-12)17(20(27)24-16)18-15-10-26(13-4-2-1-3-5-13)25-19(15)23-11-22-18/h6-8,10-11,13,17H,1-5H2,(H,24,27). The summed E-state index contributed by atoms with van der Waals surface area (Å²) in [5.41, 5.74) is 3.30. The third-order valence-electron chi connectivity index (χ3n) is 5.60. The maximum absolute atomic E-state index is 12.7. The number of benzene rings is 1. The van der Waals surface area contributed by atoms with Crippen LogP contribution in [-0.2, 0) is 4.79 Å². The zero-order valence-corrected chi connectivity index (χ0v) is 14.7. The van der Waals surface area contributed by atoms with Gasteiger partial charge in [-0.15, -0.1) is 0 Å². The van der Waals surface area contributed by atoms with Crippen LogP contribution in [0.15, 0.2) is 30.7 Å². The zero-order chi connectivity index (χ0) is 18.4. The first kappa shape index (κ1) is 15.9. The van der Waals surface area contributed by atoms with Crippen LogP contribution in [0.1, 0.15) is 60.9 Å². The highest BCUT2D eigenvalue weighted by Crippen LogP contribution is 2.39. The van der Waals surface area contributed by atoms with E-state index in [1.54, 1.807) is 18.2 Å². The minimum Gasteiger partial charge on any atom is -0.325 e. The average Bonchev–Trinajstić information content (AvgIpc) is 3.28. The first-order valence-electron chi connectivity index (χ1n) is 9.29. The molecule has 0 bridgehead atoms. The maximum atomic E-state index is 12.7. The van der Waals surface area contributed by atoms with E-state index in [-0.39, 0.29) is 5.91 Å². The average molecular weight is 358 g/mol. The number of carbonyl (C=O) groups excluding carboxylic acids is 1. The summed E-state index contributed by atoms with van der Waals surface area (Å²) < 4.78 is 2.00. The lowest BCUT2D eigenvalue weighted by atomic mass is 9.94. The summed E-state index contributed by atoms with van der Waals surface area (Å²) in [6.07, 6.45) is 9.41. The van der Waals surface area contributed by atoms with Gasteiger partial charge in [-0.3, -0.25) is 9.48 Å². The van der Waals surface area contributed by atoms with Gasteiger partial charge in [-0.05, 0) is 36.6 Å². The quantitative estimate of drug-likeness (QED) is 0.758. The summed E-state index contributed by atoms with van der Waals surface area (Å²) >= 11 is 0. The van der Waals surface area contributed by atoms with E-state index >= 15 is 0 Å². The Kier molecular flexibility index (Phi) is 3.64. The molecule has 3 heterocycles. The van der Waals surface area contributed by atoms with Crippen molar-refractivity contribution in [2.24, 2.45) is 0 Å². The van der Waals surface area contributed by atoms with Gasteiger partial charge in [-0.25, -0.2) is 9.97 Å². The van der Waals surface area contributed by atoms with Crippen LogP contribution in [0.3, 0.4) is 0 Å². The smallest absolute Gasteiger partial charge is 0.238 e. The number of nitriles is 1. The van der Waals surface area contributed by atoms with Crippen LogP contribution >= 0.6 is 0 Å². The largest absolute Gasteiger partial charge is 0.325 e. The van der Waals surface area contributed by atoms with E-state index in [4.69, 9.17) is 0 Å². The number of rotatable bonds is 2. The highest BCUT2D eigenvalue weighted by Gasteiger charge is 2.35. The van der Waals surface area contributed by atoms with Crippen molar-refractivity contribution in [3.63, 3.8) is 0 Å². The summed E-state index contributed by atoms with van der Waals surface area (Å²) in [5, 5.41) is 17.6. The summed E-state index contributed by atoms with van der Waals surface area (Å²) in [6.45, 7) is 0. The van der Waals surface area contributed by atoms with Gasteiger partial charge in [-0.1, -0.05) is 19.3 Å². The van der Waals surface area contributed by atoms with Crippen LogP contribution in [0.5, 0.6) is 0 Å². The molecule has 134 valence electrons. The van der Waals surface area contributed by atoms with E-state index in [1.807, 2.05) is 10.9 Å². The van der Waals surface area contributed by atoms with Crippen LogP contribution in [0.2, 0.25) is 0 Å². The molecule has 1 unspecified atom stereocenters. The molecule has 1 aliphatic heterocycles. The second kappa shape index (κ2) is 6.16. The Morgan fingerprint density at radius 1 is 1.19 bits per heavy atom. The van der Waals surface area contributed by atoms with Gasteiger partial charge in [0.05, 0.1) is 28.8 Å².